The first-order chi connectivity index (χ1) is 22.7. The minimum absolute atomic E-state index is 0.0451. The zero-order valence-corrected chi connectivity index (χ0v) is 28.2. The van der Waals surface area contributed by atoms with Gasteiger partial charge >= 0.3 is 0 Å². The summed E-state index contributed by atoms with van der Waals surface area (Å²) in [5, 5.41) is 7.18. The predicted octanol–water partition coefficient (Wildman–Crippen LogP) is 7.27. The molecule has 2 N–H and O–H groups in total. The molecule has 0 aliphatic rings. The number of thioether (sulfide) groups is 1. The Balaban J connectivity index is 1.39. The van der Waals surface area contributed by atoms with Gasteiger partial charge < -0.3 is 20.1 Å². The van der Waals surface area contributed by atoms with Crippen molar-refractivity contribution < 1.29 is 9.59 Å². The summed E-state index contributed by atoms with van der Waals surface area (Å²) in [4.78, 5) is 49.6. The molecule has 0 saturated heterocycles. The average molecular weight is 662 g/mol. The number of nitrogens with zero attached hydrogens (tertiary/aromatic N) is 5. The molecule has 3 heterocycles. The van der Waals surface area contributed by atoms with Crippen molar-refractivity contribution in [1.82, 2.24) is 24.8 Å². The van der Waals surface area contributed by atoms with Gasteiger partial charge in [0.2, 0.25) is 5.91 Å². The molecule has 0 aliphatic heterocycles. The number of thiazole rings is 1. The fourth-order valence-corrected chi connectivity index (χ4v) is 7.02. The van der Waals surface area contributed by atoms with Gasteiger partial charge in [-0.3, -0.25) is 9.59 Å². The monoisotopic (exact) mass is 661 g/mol. The lowest BCUT2D eigenvalue weighted by atomic mass is 10.0. The summed E-state index contributed by atoms with van der Waals surface area (Å²) in [5.74, 6) is -0.514. The van der Waals surface area contributed by atoms with E-state index < -0.39 is 6.04 Å². The van der Waals surface area contributed by atoms with Gasteiger partial charge in [0.1, 0.15) is 11.0 Å². The molecule has 0 unspecified atom stereocenters. The third kappa shape index (κ3) is 7.53. The zero-order chi connectivity index (χ0) is 32.9. The van der Waals surface area contributed by atoms with Crippen molar-refractivity contribution in [2.75, 3.05) is 30.1 Å². The number of nitrogens with one attached hydrogen (secondary N) is 2. The summed E-state index contributed by atoms with van der Waals surface area (Å²) in [6, 6.07) is 26.3. The van der Waals surface area contributed by atoms with Gasteiger partial charge in [0, 0.05) is 70.5 Å². The van der Waals surface area contributed by atoms with Gasteiger partial charge in [-0.1, -0.05) is 60.3 Å². The second-order valence-electron chi connectivity index (χ2n) is 11.4. The van der Waals surface area contributed by atoms with E-state index in [0.29, 0.717) is 16.4 Å². The number of aromatic nitrogens is 4. The Kier molecular flexibility index (Phi) is 9.65. The number of carbonyl (C=O) groups is 2. The van der Waals surface area contributed by atoms with Crippen LogP contribution in [0.1, 0.15) is 28.0 Å². The van der Waals surface area contributed by atoms with E-state index in [-0.39, 0.29) is 24.1 Å². The summed E-state index contributed by atoms with van der Waals surface area (Å²) in [5.41, 5.74) is 6.69. The van der Waals surface area contributed by atoms with Crippen molar-refractivity contribution in [2.45, 2.75) is 31.6 Å². The second-order valence-corrected chi connectivity index (χ2v) is 13.2. The van der Waals surface area contributed by atoms with Crippen LogP contribution in [0.4, 0.5) is 11.4 Å². The number of amides is 2. The quantitative estimate of drug-likeness (QED) is 0.111. The molecule has 3 aromatic carbocycles. The van der Waals surface area contributed by atoms with Crippen molar-refractivity contribution in [1.29, 1.82) is 0 Å². The number of aryl methyl sites for hydroxylation is 2. The van der Waals surface area contributed by atoms with E-state index in [1.54, 1.807) is 4.90 Å². The van der Waals surface area contributed by atoms with E-state index >= 15 is 0 Å². The van der Waals surface area contributed by atoms with Gasteiger partial charge in [-0.05, 0) is 50.2 Å². The van der Waals surface area contributed by atoms with Crippen LogP contribution in [0.15, 0.2) is 102 Å². The molecular formula is C36H35N7O2S2. The number of anilines is 2. The molecule has 238 valence electrons. The first-order valence-corrected chi connectivity index (χ1v) is 17.0. The summed E-state index contributed by atoms with van der Waals surface area (Å²) in [7, 11) is 3.93. The lowest BCUT2D eigenvalue weighted by Gasteiger charge is -2.30. The first-order valence-electron chi connectivity index (χ1n) is 15.1. The molecule has 6 rings (SSSR count). The lowest BCUT2D eigenvalue weighted by Crippen LogP contribution is -2.41. The Bertz CT molecular complexity index is 1990. The average Bonchev–Trinajstić information content (AvgIpc) is 3.71. The third-order valence-electron chi connectivity index (χ3n) is 7.66. The van der Waals surface area contributed by atoms with E-state index in [1.165, 1.54) is 23.1 Å². The smallest absolute Gasteiger partial charge is 0.251 e. The Labute approximate surface area is 282 Å². The van der Waals surface area contributed by atoms with Crippen LogP contribution in [0.2, 0.25) is 0 Å². The van der Waals surface area contributed by atoms with Gasteiger partial charge in [0.05, 0.1) is 18.0 Å². The van der Waals surface area contributed by atoms with E-state index in [4.69, 9.17) is 4.98 Å². The number of aromatic amines is 1. The minimum atomic E-state index is -0.961. The Morgan fingerprint density at radius 3 is 2.34 bits per heavy atom. The zero-order valence-electron chi connectivity index (χ0n) is 26.6. The number of para-hydroxylation sites is 1. The molecule has 0 aliphatic carbocycles. The normalized spacial score (nSPS) is 11.7. The number of fused-ring (bicyclic) bond motifs is 1. The van der Waals surface area contributed by atoms with Gasteiger partial charge in [0.25, 0.3) is 5.91 Å². The SMILES string of the molecule is Cc1cc(C)nc(SCC(=O)N(Cc2nc(-c3ccccc3)cs2)[C@H](C(=O)Nc2ccc(N(C)C)cc2)c2c[nH]c3ccccc23)n1. The molecule has 6 aromatic rings. The Hall–Kier alpha value is -5.00. The maximum absolute atomic E-state index is 14.4. The van der Waals surface area contributed by atoms with Gasteiger partial charge in [0.15, 0.2) is 5.16 Å². The number of benzene rings is 3. The number of hydrogen-bond donors (Lipinski definition) is 2. The van der Waals surface area contributed by atoms with E-state index in [1.807, 2.05) is 129 Å². The van der Waals surface area contributed by atoms with Crippen molar-refractivity contribution in [3.8, 4) is 11.3 Å². The van der Waals surface area contributed by atoms with Crippen LogP contribution in [-0.2, 0) is 16.1 Å². The van der Waals surface area contributed by atoms with Crippen LogP contribution in [0.3, 0.4) is 0 Å². The summed E-state index contributed by atoms with van der Waals surface area (Å²) >= 11 is 2.73. The Morgan fingerprint density at radius 1 is 0.915 bits per heavy atom. The van der Waals surface area contributed by atoms with E-state index in [9.17, 15) is 9.59 Å². The standard InChI is InChI=1S/C36H35N7O2S2/c1-23-18-24(2)39-36(38-23)47-22-33(44)43(20-32-41-31(21-46-32)25-10-6-5-7-11-25)34(29-19-37-30-13-9-8-12-28(29)30)35(45)40-26-14-16-27(17-15-26)42(3)4/h5-19,21,34,37H,20,22H2,1-4H3,(H,40,45)/t34-/m0/s1. The van der Waals surface area contributed by atoms with Crippen LogP contribution in [0.5, 0.6) is 0 Å². The highest BCUT2D eigenvalue weighted by molar-refractivity contribution is 7.99. The summed E-state index contributed by atoms with van der Waals surface area (Å²) in [6.07, 6.45) is 1.82. The van der Waals surface area contributed by atoms with Crippen LogP contribution in [0.25, 0.3) is 22.2 Å². The molecule has 0 bridgehead atoms. The molecule has 1 atom stereocenters. The molecule has 0 radical (unpaired) electrons. The summed E-state index contributed by atoms with van der Waals surface area (Å²) < 4.78 is 0. The molecule has 0 saturated carbocycles. The second kappa shape index (κ2) is 14.2. The lowest BCUT2D eigenvalue weighted by molar-refractivity contribution is -0.137. The first kappa shape index (κ1) is 32.0. The fourth-order valence-electron chi connectivity index (χ4n) is 5.39. The van der Waals surface area contributed by atoms with E-state index in [2.05, 4.69) is 20.3 Å². The van der Waals surface area contributed by atoms with E-state index in [0.717, 1.165) is 44.2 Å². The molecule has 11 heteroatoms. The molecule has 0 fully saturated rings. The topological polar surface area (TPSA) is 107 Å². The molecule has 9 nitrogen and oxygen atoms in total. The number of carbonyl (C=O) groups excluding carboxylic acids is 2. The van der Waals surface area contributed by atoms with Gasteiger partial charge in [-0.15, -0.1) is 11.3 Å². The summed E-state index contributed by atoms with van der Waals surface area (Å²) in [6.45, 7) is 3.95. The van der Waals surface area contributed by atoms with Gasteiger partial charge in [-0.25, -0.2) is 15.0 Å². The predicted molar refractivity (Wildman–Crippen MR) is 191 cm³/mol. The van der Waals surface area contributed by atoms with Crippen molar-refractivity contribution in [3.05, 3.63) is 118 Å². The molecule has 0 spiro atoms. The van der Waals surface area contributed by atoms with Crippen LogP contribution in [0, 0.1) is 13.8 Å². The molecular weight excluding hydrogens is 627 g/mol. The van der Waals surface area contributed by atoms with Crippen LogP contribution < -0.4 is 10.2 Å². The highest BCUT2D eigenvalue weighted by Crippen LogP contribution is 2.33. The van der Waals surface area contributed by atoms with Crippen molar-refractivity contribution in [2.24, 2.45) is 0 Å². The number of H-pyrrole nitrogens is 1. The number of rotatable bonds is 11. The van der Waals surface area contributed by atoms with Gasteiger partial charge in [-0.2, -0.15) is 0 Å². The maximum Gasteiger partial charge on any atom is 0.251 e. The van der Waals surface area contributed by atoms with Crippen molar-refractivity contribution >= 4 is 57.2 Å². The largest absolute Gasteiger partial charge is 0.378 e. The molecule has 2 amide bonds. The number of hydrogen-bond acceptors (Lipinski definition) is 8. The van der Waals surface area contributed by atoms with Crippen LogP contribution in [-0.4, -0.2) is 56.5 Å². The van der Waals surface area contributed by atoms with Crippen LogP contribution >= 0.6 is 23.1 Å². The molecule has 3 aromatic heterocycles. The molecule has 47 heavy (non-hydrogen) atoms. The maximum atomic E-state index is 14.4. The van der Waals surface area contributed by atoms with Crippen molar-refractivity contribution in [3.63, 3.8) is 0 Å². The third-order valence-corrected chi connectivity index (χ3v) is 9.33. The fraction of sp³-hybridized carbons (Fsp3) is 0.194. The Morgan fingerprint density at radius 2 is 1.62 bits per heavy atom. The highest BCUT2D eigenvalue weighted by atomic mass is 32.2. The minimum Gasteiger partial charge on any atom is -0.378 e. The highest BCUT2D eigenvalue weighted by Gasteiger charge is 2.34.